The molecule has 1 amide bonds. The molecule has 4 heteroatoms. The standard InChI is InChI=1S/C16H27NO3/c1-3-11-8-13(14(9-11)16(19)20)15(18)17-12-6-4-5-10(2)7-12/h10-14H,3-9H2,1-2H3,(H,17,18)(H,19,20). The van der Waals surface area contributed by atoms with Crippen LogP contribution in [0.1, 0.15) is 58.8 Å². The number of nitrogens with one attached hydrogen (secondary N) is 1. The van der Waals surface area contributed by atoms with Gasteiger partial charge in [-0.2, -0.15) is 0 Å². The van der Waals surface area contributed by atoms with Gasteiger partial charge in [0.25, 0.3) is 0 Å². The van der Waals surface area contributed by atoms with E-state index in [1.165, 1.54) is 6.42 Å². The number of carbonyl (C=O) groups is 2. The van der Waals surface area contributed by atoms with E-state index in [2.05, 4.69) is 19.2 Å². The predicted octanol–water partition coefficient (Wildman–Crippen LogP) is 2.82. The number of hydrogen-bond acceptors (Lipinski definition) is 2. The van der Waals surface area contributed by atoms with Gasteiger partial charge in [-0.15, -0.1) is 0 Å². The third kappa shape index (κ3) is 3.53. The van der Waals surface area contributed by atoms with Crippen molar-refractivity contribution >= 4 is 11.9 Å². The summed E-state index contributed by atoms with van der Waals surface area (Å²) in [5.74, 6) is -0.588. The molecule has 2 N–H and O–H groups in total. The first kappa shape index (κ1) is 15.3. The van der Waals surface area contributed by atoms with Crippen LogP contribution in [-0.4, -0.2) is 23.0 Å². The van der Waals surface area contributed by atoms with Crippen molar-refractivity contribution in [1.82, 2.24) is 5.32 Å². The smallest absolute Gasteiger partial charge is 0.307 e. The van der Waals surface area contributed by atoms with E-state index in [4.69, 9.17) is 0 Å². The molecule has 20 heavy (non-hydrogen) atoms. The maximum atomic E-state index is 12.4. The second-order valence-corrected chi connectivity index (χ2v) is 6.77. The molecule has 2 aliphatic carbocycles. The summed E-state index contributed by atoms with van der Waals surface area (Å²) in [4.78, 5) is 23.8. The highest BCUT2D eigenvalue weighted by molar-refractivity contribution is 5.85. The number of aliphatic carboxylic acids is 1. The minimum atomic E-state index is -0.807. The SMILES string of the molecule is CCC1CC(C(=O)O)C(C(=O)NC2CCCC(C)C2)C1. The molecule has 2 saturated carbocycles. The van der Waals surface area contributed by atoms with Gasteiger partial charge in [0.1, 0.15) is 0 Å². The Hall–Kier alpha value is -1.06. The van der Waals surface area contributed by atoms with Crippen LogP contribution in [0.15, 0.2) is 0 Å². The quantitative estimate of drug-likeness (QED) is 0.832. The minimum Gasteiger partial charge on any atom is -0.481 e. The molecular formula is C16H27NO3. The van der Waals surface area contributed by atoms with Crippen LogP contribution in [0, 0.1) is 23.7 Å². The molecule has 2 aliphatic rings. The summed E-state index contributed by atoms with van der Waals surface area (Å²) in [6.45, 7) is 4.30. The van der Waals surface area contributed by atoms with E-state index < -0.39 is 11.9 Å². The Morgan fingerprint density at radius 1 is 1.15 bits per heavy atom. The molecule has 0 saturated heterocycles. The summed E-state index contributed by atoms with van der Waals surface area (Å²) in [7, 11) is 0. The summed E-state index contributed by atoms with van der Waals surface area (Å²) in [5.41, 5.74) is 0. The fourth-order valence-electron chi connectivity index (χ4n) is 3.91. The van der Waals surface area contributed by atoms with Gasteiger partial charge in [-0.05, 0) is 37.5 Å². The normalized spacial score (nSPS) is 37.6. The molecule has 0 spiro atoms. The summed E-state index contributed by atoms with van der Waals surface area (Å²) in [6, 6.07) is 0.251. The van der Waals surface area contributed by atoms with Gasteiger partial charge in [0.15, 0.2) is 0 Å². The van der Waals surface area contributed by atoms with E-state index in [0.29, 0.717) is 18.3 Å². The van der Waals surface area contributed by atoms with Crippen molar-refractivity contribution in [3.8, 4) is 0 Å². The largest absolute Gasteiger partial charge is 0.481 e. The summed E-state index contributed by atoms with van der Waals surface area (Å²) < 4.78 is 0. The number of carbonyl (C=O) groups excluding carboxylic acids is 1. The van der Waals surface area contributed by atoms with Gasteiger partial charge in [-0.1, -0.05) is 33.1 Å². The van der Waals surface area contributed by atoms with Crippen LogP contribution in [0.4, 0.5) is 0 Å². The van der Waals surface area contributed by atoms with Gasteiger partial charge in [0.05, 0.1) is 11.8 Å². The molecule has 0 aromatic rings. The highest BCUT2D eigenvalue weighted by Crippen LogP contribution is 2.38. The van der Waals surface area contributed by atoms with Gasteiger partial charge in [0.2, 0.25) is 5.91 Å². The van der Waals surface area contributed by atoms with Crippen molar-refractivity contribution in [3.05, 3.63) is 0 Å². The van der Waals surface area contributed by atoms with Gasteiger partial charge in [-0.3, -0.25) is 9.59 Å². The van der Waals surface area contributed by atoms with Crippen molar-refractivity contribution in [2.45, 2.75) is 64.8 Å². The molecule has 114 valence electrons. The van der Waals surface area contributed by atoms with Crippen molar-refractivity contribution in [2.24, 2.45) is 23.7 Å². The first-order valence-corrected chi connectivity index (χ1v) is 8.04. The zero-order valence-electron chi connectivity index (χ0n) is 12.6. The monoisotopic (exact) mass is 281 g/mol. The highest BCUT2D eigenvalue weighted by Gasteiger charge is 2.42. The van der Waals surface area contributed by atoms with E-state index in [1.807, 2.05) is 0 Å². The lowest BCUT2D eigenvalue weighted by Gasteiger charge is -2.29. The second kappa shape index (κ2) is 6.59. The first-order valence-electron chi connectivity index (χ1n) is 8.04. The zero-order valence-corrected chi connectivity index (χ0v) is 12.6. The average Bonchev–Trinajstić information content (AvgIpc) is 2.83. The first-order chi connectivity index (χ1) is 9.51. The third-order valence-corrected chi connectivity index (χ3v) is 5.17. The molecule has 0 heterocycles. The van der Waals surface area contributed by atoms with Gasteiger partial charge < -0.3 is 10.4 Å². The highest BCUT2D eigenvalue weighted by atomic mass is 16.4. The molecule has 2 fully saturated rings. The van der Waals surface area contributed by atoms with E-state index in [0.717, 1.165) is 32.1 Å². The Morgan fingerprint density at radius 3 is 2.45 bits per heavy atom. The maximum absolute atomic E-state index is 12.4. The molecule has 4 nitrogen and oxygen atoms in total. The topological polar surface area (TPSA) is 66.4 Å². The molecular weight excluding hydrogens is 254 g/mol. The number of amides is 1. The van der Waals surface area contributed by atoms with Gasteiger partial charge >= 0.3 is 5.97 Å². The van der Waals surface area contributed by atoms with Gasteiger partial charge in [-0.25, -0.2) is 0 Å². The van der Waals surface area contributed by atoms with Crippen LogP contribution < -0.4 is 5.32 Å². The van der Waals surface area contributed by atoms with Crippen LogP contribution in [-0.2, 0) is 9.59 Å². The lowest BCUT2D eigenvalue weighted by molar-refractivity contribution is -0.146. The molecule has 0 aromatic carbocycles. The molecule has 2 rings (SSSR count). The Labute approximate surface area is 121 Å². The Balaban J connectivity index is 1.94. The Morgan fingerprint density at radius 2 is 1.85 bits per heavy atom. The fraction of sp³-hybridized carbons (Fsp3) is 0.875. The van der Waals surface area contributed by atoms with Crippen LogP contribution in [0.5, 0.6) is 0 Å². The van der Waals surface area contributed by atoms with E-state index in [9.17, 15) is 14.7 Å². The lowest BCUT2D eigenvalue weighted by atomic mass is 9.86. The molecule has 0 radical (unpaired) electrons. The number of carboxylic acid groups (broad SMARTS) is 1. The zero-order chi connectivity index (χ0) is 14.7. The Bertz CT molecular complexity index is 369. The molecule has 0 aliphatic heterocycles. The second-order valence-electron chi connectivity index (χ2n) is 6.77. The van der Waals surface area contributed by atoms with Crippen LogP contribution in [0.25, 0.3) is 0 Å². The lowest BCUT2D eigenvalue weighted by Crippen LogP contribution is -2.43. The molecule has 5 unspecified atom stereocenters. The minimum absolute atomic E-state index is 0.0209. The Kier molecular flexibility index (Phi) is 5.06. The third-order valence-electron chi connectivity index (χ3n) is 5.17. The van der Waals surface area contributed by atoms with E-state index in [1.54, 1.807) is 0 Å². The maximum Gasteiger partial charge on any atom is 0.307 e. The summed E-state index contributed by atoms with van der Waals surface area (Å²) in [5, 5.41) is 12.4. The van der Waals surface area contributed by atoms with Crippen LogP contribution in [0.3, 0.4) is 0 Å². The van der Waals surface area contributed by atoms with Crippen molar-refractivity contribution in [1.29, 1.82) is 0 Å². The van der Waals surface area contributed by atoms with Crippen molar-refractivity contribution < 1.29 is 14.7 Å². The van der Waals surface area contributed by atoms with Crippen LogP contribution >= 0.6 is 0 Å². The number of carboxylic acids is 1. The van der Waals surface area contributed by atoms with E-state index >= 15 is 0 Å². The molecule has 5 atom stereocenters. The predicted molar refractivity (Wildman–Crippen MR) is 77.2 cm³/mol. The van der Waals surface area contributed by atoms with E-state index in [-0.39, 0.29) is 17.9 Å². The van der Waals surface area contributed by atoms with Crippen molar-refractivity contribution in [2.75, 3.05) is 0 Å². The number of hydrogen-bond donors (Lipinski definition) is 2. The average molecular weight is 281 g/mol. The molecule has 0 aromatic heterocycles. The van der Waals surface area contributed by atoms with Crippen LogP contribution in [0.2, 0.25) is 0 Å². The number of rotatable bonds is 4. The summed E-state index contributed by atoms with van der Waals surface area (Å²) >= 11 is 0. The summed E-state index contributed by atoms with van der Waals surface area (Å²) in [6.07, 6.45) is 6.84. The van der Waals surface area contributed by atoms with Crippen molar-refractivity contribution in [3.63, 3.8) is 0 Å². The molecule has 0 bridgehead atoms. The van der Waals surface area contributed by atoms with Gasteiger partial charge in [0, 0.05) is 6.04 Å². The fourth-order valence-corrected chi connectivity index (χ4v) is 3.91.